The highest BCUT2D eigenvalue weighted by Gasteiger charge is 2.39. The molecule has 9 aromatic carbocycles. The average Bonchev–Trinajstić information content (AvgIpc) is 1.71. The van der Waals surface area contributed by atoms with Crippen molar-refractivity contribution < 1.29 is 32.2 Å². The van der Waals surface area contributed by atoms with Crippen molar-refractivity contribution >= 4 is 44.6 Å². The van der Waals surface area contributed by atoms with Crippen molar-refractivity contribution in [2.75, 3.05) is 16.5 Å². The minimum absolute atomic E-state index is 0.000402. The van der Waals surface area contributed by atoms with Crippen molar-refractivity contribution in [1.82, 2.24) is 9.55 Å². The van der Waals surface area contributed by atoms with Crippen molar-refractivity contribution in [2.45, 2.75) is 130 Å². The largest absolute Gasteiger partial charge is 0.457 e. The van der Waals surface area contributed by atoms with Crippen LogP contribution in [-0.2, 0) is 27.1 Å². The monoisotopic (exact) mass is 1130 g/mol. The van der Waals surface area contributed by atoms with Gasteiger partial charge in [-0.1, -0.05) is 217 Å². The Morgan fingerprint density at radius 3 is 1.79 bits per heavy atom. The SMILES string of the molecule is [2H]c1c([2H])c([2H])c(-c2cnc(-n3c4cc(Oc5cccc(N6CN(c7c(-c8c([2H])c(-c9c([2H])c([2H])c([2H])c([2H])c9[2H])c([2H])c(C(C)(C)C)c8[2H])cc(C(C)(C)C)cc7-c7c([2H])c([2H])c8c(c7[2H])C(C)(C)CCC8(C)C)c7ccccc76)c5)ccc4c4c([2H])c([2H])c([2H])c([2H])c43)cc2C(C)(C)C)c([2H])c1[2H]. The molecule has 0 amide bonds. The summed E-state index contributed by atoms with van der Waals surface area (Å²) in [6, 6.07) is 17.2. The van der Waals surface area contributed by atoms with Gasteiger partial charge in [-0.25, -0.2) is 4.98 Å². The highest BCUT2D eigenvalue weighted by Crippen LogP contribution is 2.54. The van der Waals surface area contributed by atoms with Crippen LogP contribution in [0, 0.1) is 0 Å². The molecule has 1 aliphatic carbocycles. The Kier molecular flexibility index (Phi) is 8.92. The van der Waals surface area contributed by atoms with E-state index in [9.17, 15) is 13.7 Å². The van der Waals surface area contributed by atoms with Crippen LogP contribution in [0.15, 0.2) is 212 Å². The lowest BCUT2D eigenvalue weighted by Gasteiger charge is -2.42. The highest BCUT2D eigenvalue weighted by molar-refractivity contribution is 6.09. The Bertz CT molecular complexity index is 5540. The van der Waals surface area contributed by atoms with Crippen LogP contribution in [0.1, 0.15) is 158 Å². The van der Waals surface area contributed by atoms with Crippen LogP contribution in [0.5, 0.6) is 11.5 Å². The van der Waals surface area contributed by atoms with E-state index >= 15 is 0 Å². The predicted molar refractivity (Wildman–Crippen MR) is 360 cm³/mol. The molecule has 2 aliphatic rings. The molecule has 0 bridgehead atoms. The van der Waals surface area contributed by atoms with Gasteiger partial charge in [0.25, 0.3) is 0 Å². The topological polar surface area (TPSA) is 33.5 Å². The lowest BCUT2D eigenvalue weighted by molar-refractivity contribution is 0.332. The number of anilines is 4. The van der Waals surface area contributed by atoms with Crippen molar-refractivity contribution in [2.24, 2.45) is 0 Å². The molecule has 0 radical (unpaired) electrons. The molecular formula is C80H80N4O. The molecule has 0 spiro atoms. The molecule has 0 atom stereocenters. The Morgan fingerprint density at radius 2 is 1.09 bits per heavy atom. The van der Waals surface area contributed by atoms with Gasteiger partial charge in [-0.3, -0.25) is 4.57 Å². The van der Waals surface area contributed by atoms with E-state index in [4.69, 9.17) is 23.4 Å². The van der Waals surface area contributed by atoms with Crippen LogP contribution in [0.4, 0.5) is 22.7 Å². The normalized spacial score (nSPS) is 18.2. The van der Waals surface area contributed by atoms with Crippen molar-refractivity contribution in [1.29, 1.82) is 0 Å². The summed E-state index contributed by atoms with van der Waals surface area (Å²) in [5.74, 6) is 0.855. The minimum atomic E-state index is -1.02. The van der Waals surface area contributed by atoms with Crippen molar-refractivity contribution in [3.63, 3.8) is 0 Å². The third-order valence-corrected chi connectivity index (χ3v) is 16.8. The van der Waals surface area contributed by atoms with Gasteiger partial charge in [0.2, 0.25) is 0 Å². The van der Waals surface area contributed by atoms with Crippen LogP contribution in [-0.4, -0.2) is 16.2 Å². The zero-order chi connectivity index (χ0) is 76.8. The zero-order valence-electron chi connectivity index (χ0n) is 70.5. The fraction of sp³-hybridized carbons (Fsp3) is 0.263. The van der Waals surface area contributed by atoms with Crippen molar-refractivity contribution in [3.8, 4) is 61.8 Å². The number of fused-ring (bicyclic) bond motifs is 5. The molecule has 5 heteroatoms. The summed E-state index contributed by atoms with van der Waals surface area (Å²) >= 11 is 0. The number of aromatic nitrogens is 2. The molecule has 2 aromatic heterocycles. The maximum Gasteiger partial charge on any atom is 0.137 e. The Labute approximate surface area is 532 Å². The standard InChI is InChI=1S/C80H80N4O/c1-76(2,3)57-42-55(52-25-16-14-17-26-52)41-56(43-57)65-46-58(77(4,5)6)45-64(54-35-38-67-69(44-54)80(12,13)40-39-79(67,10)11)75(65)83-51-82(71-33-22-23-34-72(71)83)59-29-24-30-60(47-59)85-61-36-37-63-62-31-20-21-32-70(62)84(73(63)48-61)74-49-68(78(7,8)9)66(50-81-74)53-27-18-15-19-28-53/h14-38,41-50H,39-40,51H2,1-13H3/i14D,15D,16D,17D,18D,19D,20D,21D,25D,26D,27D,28D,31D,32D,35D,38D,41D,42D,43D,44D. The van der Waals surface area contributed by atoms with Crippen LogP contribution in [0.2, 0.25) is 0 Å². The second-order valence-corrected chi connectivity index (χ2v) is 26.8. The van der Waals surface area contributed by atoms with E-state index in [1.165, 1.54) is 6.20 Å². The van der Waals surface area contributed by atoms with E-state index in [1.54, 1.807) is 34.9 Å². The number of benzene rings is 9. The summed E-state index contributed by atoms with van der Waals surface area (Å²) in [6.45, 7) is 25.4. The summed E-state index contributed by atoms with van der Waals surface area (Å²) in [4.78, 5) is 8.91. The summed E-state index contributed by atoms with van der Waals surface area (Å²) < 4.78 is 195. The van der Waals surface area contributed by atoms with E-state index in [2.05, 4.69) is 13.8 Å². The first-order valence-electron chi connectivity index (χ1n) is 39.0. The van der Waals surface area contributed by atoms with Crippen LogP contribution < -0.4 is 14.5 Å². The van der Waals surface area contributed by atoms with Gasteiger partial charge in [0.1, 0.15) is 24.0 Å². The smallest absolute Gasteiger partial charge is 0.137 e. The van der Waals surface area contributed by atoms with E-state index < -0.39 is 106 Å². The number of hydrogen-bond donors (Lipinski definition) is 0. The average molecular weight is 1130 g/mol. The first-order chi connectivity index (χ1) is 48.8. The summed E-state index contributed by atoms with van der Waals surface area (Å²) in [7, 11) is 0. The maximum atomic E-state index is 10.6. The molecule has 85 heavy (non-hydrogen) atoms. The summed E-state index contributed by atoms with van der Waals surface area (Å²) in [5, 5.41) is 0.653. The number of rotatable bonds is 9. The predicted octanol–water partition coefficient (Wildman–Crippen LogP) is 22.1. The van der Waals surface area contributed by atoms with Gasteiger partial charge in [-0.05, 0) is 162 Å². The van der Waals surface area contributed by atoms with E-state index in [0.29, 0.717) is 85.8 Å². The summed E-state index contributed by atoms with van der Waals surface area (Å²) in [6.07, 6.45) is 2.84. The molecule has 13 rings (SSSR count). The highest BCUT2D eigenvalue weighted by atomic mass is 16.5. The molecule has 0 fully saturated rings. The molecular weight excluding hydrogens is 1030 g/mol. The first-order valence-corrected chi connectivity index (χ1v) is 29.0. The van der Waals surface area contributed by atoms with Crippen LogP contribution in [0.3, 0.4) is 0 Å². The van der Waals surface area contributed by atoms with Crippen molar-refractivity contribution in [3.05, 3.63) is 240 Å². The number of hydrogen-bond acceptors (Lipinski definition) is 4. The third kappa shape index (κ3) is 10.2. The van der Waals surface area contributed by atoms with Gasteiger partial charge in [-0.15, -0.1) is 0 Å². The van der Waals surface area contributed by atoms with Gasteiger partial charge >= 0.3 is 0 Å². The van der Waals surface area contributed by atoms with Crippen LogP contribution >= 0.6 is 0 Å². The Morgan fingerprint density at radius 1 is 0.471 bits per heavy atom. The molecule has 5 nitrogen and oxygen atoms in total. The molecule has 0 saturated heterocycles. The molecule has 3 heterocycles. The first kappa shape index (κ1) is 36.9. The van der Waals surface area contributed by atoms with Gasteiger partial charge in [-0.2, -0.15) is 0 Å². The molecule has 0 saturated carbocycles. The Hall–Kier alpha value is -8.67. The molecule has 426 valence electrons. The molecule has 0 unspecified atom stereocenters. The third-order valence-electron chi connectivity index (χ3n) is 16.8. The van der Waals surface area contributed by atoms with E-state index in [-0.39, 0.29) is 110 Å². The van der Waals surface area contributed by atoms with Gasteiger partial charge in [0, 0.05) is 51.5 Å². The minimum Gasteiger partial charge on any atom is -0.457 e. The van der Waals surface area contributed by atoms with Gasteiger partial charge < -0.3 is 14.5 Å². The van der Waals surface area contributed by atoms with Crippen LogP contribution in [0.25, 0.3) is 72.1 Å². The number of pyridine rings is 1. The molecule has 11 aromatic rings. The quantitative estimate of drug-likeness (QED) is 0.144. The second kappa shape index (κ2) is 20.5. The fourth-order valence-corrected chi connectivity index (χ4v) is 11.9. The zero-order valence-corrected chi connectivity index (χ0v) is 50.5. The number of para-hydroxylation sites is 3. The Balaban J connectivity index is 1.03. The van der Waals surface area contributed by atoms with Gasteiger partial charge in [0.15, 0.2) is 0 Å². The number of ether oxygens (including phenoxy) is 1. The lowest BCUT2D eigenvalue weighted by Crippen LogP contribution is -2.33. The maximum absolute atomic E-state index is 10.6. The number of nitrogens with zero attached hydrogens (tertiary/aromatic N) is 4. The second-order valence-electron chi connectivity index (χ2n) is 26.8. The van der Waals surface area contributed by atoms with E-state index in [0.717, 1.165) is 0 Å². The van der Waals surface area contributed by atoms with E-state index in [1.807, 2.05) is 141 Å². The summed E-state index contributed by atoms with van der Waals surface area (Å²) in [5.41, 5.74) is 2.04. The van der Waals surface area contributed by atoms with Gasteiger partial charge in [0.05, 0.1) is 55.5 Å². The lowest BCUT2D eigenvalue weighted by atomic mass is 9.63. The molecule has 0 N–H and O–H groups in total. The molecule has 1 aliphatic heterocycles. The fourth-order valence-electron chi connectivity index (χ4n) is 11.9.